The van der Waals surface area contributed by atoms with Crippen molar-refractivity contribution in [3.8, 4) is 5.75 Å². The molecule has 6 nitrogen and oxygen atoms in total. The first-order valence-corrected chi connectivity index (χ1v) is 6.80. The van der Waals surface area contributed by atoms with Gasteiger partial charge >= 0.3 is 0 Å². The maximum Gasteiger partial charge on any atom is 0.270 e. The van der Waals surface area contributed by atoms with Gasteiger partial charge in [-0.25, -0.2) is 0 Å². The maximum absolute atomic E-state index is 10.7. The summed E-state index contributed by atoms with van der Waals surface area (Å²) in [5.41, 5.74) is 3.85. The molecule has 0 atom stereocenters. The molecule has 0 spiro atoms. The lowest BCUT2D eigenvalue weighted by Crippen LogP contribution is -2.17. The van der Waals surface area contributed by atoms with Crippen LogP contribution in [0.2, 0.25) is 0 Å². The van der Waals surface area contributed by atoms with Gasteiger partial charge in [-0.1, -0.05) is 42.5 Å². The van der Waals surface area contributed by atoms with E-state index < -0.39 is 4.92 Å². The van der Waals surface area contributed by atoms with Crippen LogP contribution in [0.4, 0.5) is 5.69 Å². The highest BCUT2D eigenvalue weighted by molar-refractivity contribution is 7.80. The summed E-state index contributed by atoms with van der Waals surface area (Å²) in [7, 11) is 0. The SMILES string of the molecule is O=[N+]([O-])c1ccc(O)c(/C=N\NC(=S)Cc2ccccc2)c1. The number of phenolic OH excluding ortho intramolecular Hbond substituents is 1. The first-order chi connectivity index (χ1) is 10.6. The number of non-ortho nitro benzene ring substituents is 1. The van der Waals surface area contributed by atoms with E-state index in [0.29, 0.717) is 11.4 Å². The van der Waals surface area contributed by atoms with Crippen LogP contribution in [0.5, 0.6) is 5.75 Å². The number of nitro benzene ring substituents is 1. The minimum atomic E-state index is -0.537. The zero-order chi connectivity index (χ0) is 15.9. The number of hydrazone groups is 1. The van der Waals surface area contributed by atoms with Crippen LogP contribution in [0.3, 0.4) is 0 Å². The minimum absolute atomic E-state index is 0.0925. The van der Waals surface area contributed by atoms with Crippen molar-refractivity contribution >= 4 is 29.1 Å². The molecule has 2 N–H and O–H groups in total. The molecule has 0 amide bonds. The number of hydrogen-bond acceptors (Lipinski definition) is 5. The Hall–Kier alpha value is -2.80. The number of nitrogens with one attached hydrogen (secondary N) is 1. The number of nitro groups is 1. The summed E-state index contributed by atoms with van der Waals surface area (Å²) in [5, 5.41) is 24.2. The maximum atomic E-state index is 10.7. The van der Waals surface area contributed by atoms with E-state index in [-0.39, 0.29) is 17.0 Å². The van der Waals surface area contributed by atoms with Gasteiger partial charge in [-0.2, -0.15) is 5.10 Å². The summed E-state index contributed by atoms with van der Waals surface area (Å²) in [6, 6.07) is 13.4. The second kappa shape index (κ2) is 7.28. The van der Waals surface area contributed by atoms with Crippen LogP contribution in [0.1, 0.15) is 11.1 Å². The van der Waals surface area contributed by atoms with E-state index in [9.17, 15) is 15.2 Å². The zero-order valence-electron chi connectivity index (χ0n) is 11.5. The van der Waals surface area contributed by atoms with Crippen molar-refractivity contribution < 1.29 is 10.0 Å². The fourth-order valence-electron chi connectivity index (χ4n) is 1.75. The van der Waals surface area contributed by atoms with Gasteiger partial charge in [0.2, 0.25) is 0 Å². The molecule has 0 heterocycles. The van der Waals surface area contributed by atoms with Gasteiger partial charge in [0.15, 0.2) is 0 Å². The number of nitrogens with zero attached hydrogens (tertiary/aromatic N) is 2. The number of thiocarbonyl (C=S) groups is 1. The predicted molar refractivity (Wildman–Crippen MR) is 88.2 cm³/mol. The number of phenols is 1. The number of benzene rings is 2. The quantitative estimate of drug-likeness (QED) is 0.383. The minimum Gasteiger partial charge on any atom is -0.507 e. The van der Waals surface area contributed by atoms with Crippen molar-refractivity contribution in [2.75, 3.05) is 0 Å². The summed E-state index contributed by atoms with van der Waals surface area (Å²) in [4.78, 5) is 10.7. The summed E-state index contributed by atoms with van der Waals surface area (Å²) < 4.78 is 0. The molecule has 0 radical (unpaired) electrons. The highest BCUT2D eigenvalue weighted by Gasteiger charge is 2.08. The summed E-state index contributed by atoms with van der Waals surface area (Å²) in [6.45, 7) is 0. The highest BCUT2D eigenvalue weighted by Crippen LogP contribution is 2.21. The summed E-state index contributed by atoms with van der Waals surface area (Å²) in [6.07, 6.45) is 1.83. The normalized spacial score (nSPS) is 10.5. The van der Waals surface area contributed by atoms with E-state index in [1.807, 2.05) is 30.3 Å². The van der Waals surface area contributed by atoms with Gasteiger partial charge in [0.25, 0.3) is 5.69 Å². The Morgan fingerprint density at radius 1 is 1.32 bits per heavy atom. The molecular weight excluding hydrogens is 302 g/mol. The lowest BCUT2D eigenvalue weighted by molar-refractivity contribution is -0.384. The molecule has 0 saturated carbocycles. The molecule has 0 saturated heterocycles. The first kappa shape index (κ1) is 15.6. The average Bonchev–Trinajstić information content (AvgIpc) is 2.50. The van der Waals surface area contributed by atoms with Gasteiger partial charge < -0.3 is 5.11 Å². The Morgan fingerprint density at radius 2 is 2.05 bits per heavy atom. The van der Waals surface area contributed by atoms with E-state index in [1.165, 1.54) is 24.4 Å². The Bertz CT molecular complexity index is 717. The second-order valence-electron chi connectivity index (χ2n) is 4.46. The van der Waals surface area contributed by atoms with Crippen LogP contribution < -0.4 is 5.43 Å². The largest absolute Gasteiger partial charge is 0.507 e. The van der Waals surface area contributed by atoms with Crippen molar-refractivity contribution in [3.63, 3.8) is 0 Å². The lowest BCUT2D eigenvalue weighted by atomic mass is 10.1. The highest BCUT2D eigenvalue weighted by atomic mass is 32.1. The van der Waals surface area contributed by atoms with Crippen molar-refractivity contribution in [2.24, 2.45) is 5.10 Å². The predicted octanol–water partition coefficient (Wildman–Crippen LogP) is 2.79. The van der Waals surface area contributed by atoms with Gasteiger partial charge in [-0.15, -0.1) is 0 Å². The van der Waals surface area contributed by atoms with Crippen LogP contribution in [-0.4, -0.2) is 21.2 Å². The molecule has 0 aliphatic carbocycles. The zero-order valence-corrected chi connectivity index (χ0v) is 12.3. The van der Waals surface area contributed by atoms with Crippen molar-refractivity contribution in [2.45, 2.75) is 6.42 Å². The molecule has 22 heavy (non-hydrogen) atoms. The topological polar surface area (TPSA) is 87.8 Å². The molecular formula is C15H13N3O3S. The van der Waals surface area contributed by atoms with Gasteiger partial charge in [0, 0.05) is 24.1 Å². The summed E-state index contributed by atoms with van der Waals surface area (Å²) >= 11 is 5.16. The summed E-state index contributed by atoms with van der Waals surface area (Å²) in [5.74, 6) is -0.0925. The number of hydrogen-bond donors (Lipinski definition) is 2. The molecule has 7 heteroatoms. The van der Waals surface area contributed by atoms with Crippen LogP contribution in [0.25, 0.3) is 0 Å². The molecule has 0 fully saturated rings. The third kappa shape index (κ3) is 4.35. The second-order valence-corrected chi connectivity index (χ2v) is 4.95. The monoisotopic (exact) mass is 315 g/mol. The Balaban J connectivity index is 1.99. The smallest absolute Gasteiger partial charge is 0.270 e. The fourth-order valence-corrected chi connectivity index (χ4v) is 1.97. The Morgan fingerprint density at radius 3 is 2.73 bits per heavy atom. The molecule has 2 rings (SSSR count). The number of aromatic hydroxyl groups is 1. The average molecular weight is 315 g/mol. The number of rotatable bonds is 5. The van der Waals surface area contributed by atoms with Gasteiger partial charge in [0.05, 0.1) is 11.1 Å². The Kier molecular flexibility index (Phi) is 5.16. The molecule has 0 aliphatic rings. The third-order valence-electron chi connectivity index (χ3n) is 2.82. The van der Waals surface area contributed by atoms with E-state index >= 15 is 0 Å². The molecule has 112 valence electrons. The fraction of sp³-hybridized carbons (Fsp3) is 0.0667. The third-order valence-corrected chi connectivity index (χ3v) is 3.06. The van der Waals surface area contributed by atoms with E-state index in [0.717, 1.165) is 5.56 Å². The van der Waals surface area contributed by atoms with Gasteiger partial charge in [0.1, 0.15) is 10.7 Å². The molecule has 2 aromatic rings. The van der Waals surface area contributed by atoms with Gasteiger partial charge in [-0.3, -0.25) is 15.5 Å². The van der Waals surface area contributed by atoms with Crippen LogP contribution >= 0.6 is 12.2 Å². The van der Waals surface area contributed by atoms with E-state index in [4.69, 9.17) is 12.2 Å². The van der Waals surface area contributed by atoms with Crippen LogP contribution in [0.15, 0.2) is 53.6 Å². The van der Waals surface area contributed by atoms with Crippen LogP contribution in [0, 0.1) is 10.1 Å². The first-order valence-electron chi connectivity index (χ1n) is 6.39. The van der Waals surface area contributed by atoms with Crippen molar-refractivity contribution in [1.29, 1.82) is 0 Å². The molecule has 0 aliphatic heterocycles. The standard InChI is InChI=1S/C15H13N3O3S/c19-14-7-6-13(18(20)21)9-12(14)10-16-17-15(22)8-11-4-2-1-3-5-11/h1-7,9-10,19H,8H2,(H,17,22)/b16-10-. The Labute approximate surface area is 132 Å². The van der Waals surface area contributed by atoms with Crippen molar-refractivity contribution in [3.05, 3.63) is 69.8 Å². The van der Waals surface area contributed by atoms with E-state index in [2.05, 4.69) is 10.5 Å². The van der Waals surface area contributed by atoms with E-state index in [1.54, 1.807) is 0 Å². The van der Waals surface area contributed by atoms with Crippen LogP contribution in [-0.2, 0) is 6.42 Å². The molecule has 0 bridgehead atoms. The lowest BCUT2D eigenvalue weighted by Gasteiger charge is -2.03. The molecule has 0 unspecified atom stereocenters. The molecule has 2 aromatic carbocycles. The van der Waals surface area contributed by atoms with Crippen molar-refractivity contribution in [1.82, 2.24) is 5.43 Å². The molecule has 0 aromatic heterocycles. The van der Waals surface area contributed by atoms with Gasteiger partial charge in [-0.05, 0) is 11.6 Å².